The average Bonchev–Trinajstić information content (AvgIpc) is 3.39. The Labute approximate surface area is 174 Å². The standard InChI is InChI=1S/C22H23N7O/c1-14-24-18-11-15(7-8-19(18)28(14)2)22(30)29-10-4-6-17(13-29)21-25-20(26-27-21)16-5-3-9-23-12-16/h3,5,7-9,11-12,17H,4,6,10,13H2,1-2H3,(H,25,26,27)/t17-/m0/s1. The normalized spacial score (nSPS) is 16.9. The Balaban J connectivity index is 1.35. The molecule has 152 valence electrons. The number of nitrogens with one attached hydrogen (secondary N) is 1. The summed E-state index contributed by atoms with van der Waals surface area (Å²) in [6.45, 7) is 3.34. The van der Waals surface area contributed by atoms with Crippen LogP contribution in [0.5, 0.6) is 0 Å². The molecule has 1 atom stereocenters. The van der Waals surface area contributed by atoms with Crippen molar-refractivity contribution in [1.29, 1.82) is 0 Å². The zero-order valence-electron chi connectivity index (χ0n) is 17.0. The molecule has 1 aromatic carbocycles. The van der Waals surface area contributed by atoms with Crippen LogP contribution in [0.2, 0.25) is 0 Å². The highest BCUT2D eigenvalue weighted by Crippen LogP contribution is 2.27. The number of H-pyrrole nitrogens is 1. The first-order chi connectivity index (χ1) is 14.6. The van der Waals surface area contributed by atoms with E-state index in [4.69, 9.17) is 0 Å². The molecule has 0 spiro atoms. The summed E-state index contributed by atoms with van der Waals surface area (Å²) >= 11 is 0. The second-order valence-corrected chi connectivity index (χ2v) is 7.80. The molecule has 30 heavy (non-hydrogen) atoms. The van der Waals surface area contributed by atoms with Crippen LogP contribution in [0.15, 0.2) is 42.7 Å². The predicted octanol–water partition coefficient (Wildman–Crippen LogP) is 3.08. The number of aromatic nitrogens is 6. The summed E-state index contributed by atoms with van der Waals surface area (Å²) in [7, 11) is 1.98. The SMILES string of the molecule is Cc1nc2cc(C(=O)N3CCC[C@H](c4nc(-c5cccnc5)n[nH]4)C3)ccc2n1C. The second kappa shape index (κ2) is 7.37. The average molecular weight is 401 g/mol. The van der Waals surface area contributed by atoms with Gasteiger partial charge in [0.2, 0.25) is 0 Å². The molecular formula is C22H23N7O. The number of hydrogen-bond acceptors (Lipinski definition) is 5. The number of hydrogen-bond donors (Lipinski definition) is 1. The van der Waals surface area contributed by atoms with Gasteiger partial charge in [-0.05, 0) is 50.1 Å². The number of rotatable bonds is 3. The van der Waals surface area contributed by atoms with Crippen LogP contribution in [0.1, 0.15) is 40.8 Å². The van der Waals surface area contributed by atoms with Gasteiger partial charge in [-0.2, -0.15) is 5.10 Å². The van der Waals surface area contributed by atoms with Gasteiger partial charge in [-0.1, -0.05) is 0 Å². The summed E-state index contributed by atoms with van der Waals surface area (Å²) in [6, 6.07) is 9.56. The minimum Gasteiger partial charge on any atom is -0.338 e. The monoisotopic (exact) mass is 401 g/mol. The van der Waals surface area contributed by atoms with Crippen molar-refractivity contribution < 1.29 is 4.79 Å². The molecule has 8 nitrogen and oxygen atoms in total. The number of piperidine rings is 1. The van der Waals surface area contributed by atoms with Gasteiger partial charge in [-0.15, -0.1) is 0 Å². The van der Waals surface area contributed by atoms with E-state index in [1.54, 1.807) is 12.4 Å². The summed E-state index contributed by atoms with van der Waals surface area (Å²) in [4.78, 5) is 28.4. The quantitative estimate of drug-likeness (QED) is 0.569. The van der Waals surface area contributed by atoms with Gasteiger partial charge in [-0.3, -0.25) is 14.9 Å². The van der Waals surface area contributed by atoms with Gasteiger partial charge in [0.25, 0.3) is 5.91 Å². The van der Waals surface area contributed by atoms with Crippen molar-refractivity contribution in [2.24, 2.45) is 7.05 Å². The first kappa shape index (κ1) is 18.5. The first-order valence-electron chi connectivity index (χ1n) is 10.1. The second-order valence-electron chi connectivity index (χ2n) is 7.80. The summed E-state index contributed by atoms with van der Waals surface area (Å²) in [5.41, 5.74) is 3.44. The smallest absolute Gasteiger partial charge is 0.253 e. The van der Waals surface area contributed by atoms with E-state index in [-0.39, 0.29) is 11.8 Å². The maximum Gasteiger partial charge on any atom is 0.253 e. The molecule has 1 saturated heterocycles. The Morgan fingerprint density at radius 2 is 2.13 bits per heavy atom. The molecule has 8 heteroatoms. The van der Waals surface area contributed by atoms with Crippen LogP contribution in [0.25, 0.3) is 22.4 Å². The van der Waals surface area contributed by atoms with Gasteiger partial charge in [-0.25, -0.2) is 9.97 Å². The van der Waals surface area contributed by atoms with E-state index >= 15 is 0 Å². The highest BCUT2D eigenvalue weighted by molar-refractivity contribution is 5.97. The lowest BCUT2D eigenvalue weighted by Gasteiger charge is -2.31. The van der Waals surface area contributed by atoms with Gasteiger partial charge in [0.1, 0.15) is 11.6 Å². The number of carbonyl (C=O) groups is 1. The zero-order valence-corrected chi connectivity index (χ0v) is 17.0. The molecule has 0 unspecified atom stereocenters. The van der Waals surface area contributed by atoms with Crippen LogP contribution in [-0.4, -0.2) is 53.6 Å². The highest BCUT2D eigenvalue weighted by atomic mass is 16.2. The predicted molar refractivity (Wildman–Crippen MR) is 113 cm³/mol. The largest absolute Gasteiger partial charge is 0.338 e. The Morgan fingerprint density at radius 3 is 2.97 bits per heavy atom. The topological polar surface area (TPSA) is 92.6 Å². The molecule has 4 heterocycles. The van der Waals surface area contributed by atoms with Gasteiger partial charge in [0.15, 0.2) is 5.82 Å². The third kappa shape index (κ3) is 3.24. The van der Waals surface area contributed by atoms with Crippen LogP contribution in [0.4, 0.5) is 0 Å². The van der Waals surface area contributed by atoms with E-state index in [9.17, 15) is 4.79 Å². The minimum absolute atomic E-state index is 0.0388. The molecule has 5 rings (SSSR count). The van der Waals surface area contributed by atoms with Crippen molar-refractivity contribution in [3.63, 3.8) is 0 Å². The lowest BCUT2D eigenvalue weighted by atomic mass is 9.96. The van der Waals surface area contributed by atoms with E-state index in [1.807, 2.05) is 53.8 Å². The molecule has 1 aliphatic heterocycles. The maximum atomic E-state index is 13.2. The molecule has 1 aliphatic rings. The van der Waals surface area contributed by atoms with E-state index in [0.29, 0.717) is 17.9 Å². The van der Waals surface area contributed by atoms with E-state index in [2.05, 4.69) is 25.1 Å². The molecule has 0 bridgehead atoms. The number of nitrogens with zero attached hydrogens (tertiary/aromatic N) is 6. The number of amides is 1. The number of aromatic amines is 1. The summed E-state index contributed by atoms with van der Waals surface area (Å²) < 4.78 is 2.03. The number of imidazole rings is 1. The molecule has 1 amide bonds. The highest BCUT2D eigenvalue weighted by Gasteiger charge is 2.28. The fourth-order valence-electron chi connectivity index (χ4n) is 4.10. The molecular weight excluding hydrogens is 378 g/mol. The molecule has 3 aromatic heterocycles. The van der Waals surface area contributed by atoms with Crippen molar-refractivity contribution in [3.8, 4) is 11.4 Å². The fraction of sp³-hybridized carbons (Fsp3) is 0.318. The van der Waals surface area contributed by atoms with Crippen LogP contribution in [-0.2, 0) is 7.05 Å². The third-order valence-corrected chi connectivity index (χ3v) is 5.87. The lowest BCUT2D eigenvalue weighted by Crippen LogP contribution is -2.39. The number of likely N-dealkylation sites (tertiary alicyclic amines) is 1. The summed E-state index contributed by atoms with van der Waals surface area (Å²) in [5.74, 6) is 2.57. The van der Waals surface area contributed by atoms with Crippen LogP contribution < -0.4 is 0 Å². The summed E-state index contributed by atoms with van der Waals surface area (Å²) in [6.07, 6.45) is 5.39. The van der Waals surface area contributed by atoms with Gasteiger partial charge in [0.05, 0.1) is 11.0 Å². The van der Waals surface area contributed by atoms with Crippen molar-refractivity contribution in [1.82, 2.24) is 34.6 Å². The Bertz CT molecular complexity index is 1210. The van der Waals surface area contributed by atoms with Gasteiger partial charge in [0, 0.05) is 49.6 Å². The molecule has 1 N–H and O–H groups in total. The molecule has 1 fully saturated rings. The van der Waals surface area contributed by atoms with Crippen molar-refractivity contribution in [2.75, 3.05) is 13.1 Å². The van der Waals surface area contributed by atoms with Crippen LogP contribution in [0.3, 0.4) is 0 Å². The van der Waals surface area contributed by atoms with E-state index in [0.717, 1.165) is 47.6 Å². The number of carbonyl (C=O) groups excluding carboxylic acids is 1. The summed E-state index contributed by atoms with van der Waals surface area (Å²) in [5, 5.41) is 7.41. The molecule has 4 aromatic rings. The maximum absolute atomic E-state index is 13.2. The number of fused-ring (bicyclic) bond motifs is 1. The molecule has 0 aliphatic carbocycles. The Hall–Kier alpha value is -3.55. The molecule has 0 radical (unpaired) electrons. The van der Waals surface area contributed by atoms with Gasteiger partial charge >= 0.3 is 0 Å². The fourth-order valence-corrected chi connectivity index (χ4v) is 4.10. The van der Waals surface area contributed by atoms with Crippen LogP contribution in [0, 0.1) is 6.92 Å². The third-order valence-electron chi connectivity index (χ3n) is 5.87. The van der Waals surface area contributed by atoms with Gasteiger partial charge < -0.3 is 9.47 Å². The Morgan fingerprint density at radius 1 is 1.23 bits per heavy atom. The van der Waals surface area contributed by atoms with Crippen molar-refractivity contribution in [3.05, 3.63) is 59.9 Å². The van der Waals surface area contributed by atoms with E-state index in [1.165, 1.54) is 0 Å². The zero-order chi connectivity index (χ0) is 20.7. The number of aryl methyl sites for hydroxylation is 2. The van der Waals surface area contributed by atoms with Crippen molar-refractivity contribution >= 4 is 16.9 Å². The minimum atomic E-state index is 0.0388. The first-order valence-corrected chi connectivity index (χ1v) is 10.1. The van der Waals surface area contributed by atoms with Crippen LogP contribution >= 0.6 is 0 Å². The molecule has 0 saturated carbocycles. The van der Waals surface area contributed by atoms with Crippen molar-refractivity contribution in [2.45, 2.75) is 25.7 Å². The lowest BCUT2D eigenvalue weighted by molar-refractivity contribution is 0.0705. The number of benzene rings is 1. The number of pyridine rings is 1. The van der Waals surface area contributed by atoms with E-state index < -0.39 is 0 Å². The Kier molecular flexibility index (Phi) is 4.54.